The van der Waals surface area contributed by atoms with Gasteiger partial charge in [0.1, 0.15) is 4.83 Å². The van der Waals surface area contributed by atoms with E-state index >= 15 is 0 Å². The van der Waals surface area contributed by atoms with Gasteiger partial charge in [-0.25, -0.2) is 0 Å². The number of nitrogens with zero attached hydrogens (tertiary/aromatic N) is 1. The molecule has 0 unspecified atom stereocenters. The molecule has 0 fully saturated rings. The van der Waals surface area contributed by atoms with Crippen LogP contribution in [0.5, 0.6) is 0 Å². The van der Waals surface area contributed by atoms with Crippen molar-refractivity contribution in [2.45, 2.75) is 48.1 Å². The zero-order chi connectivity index (χ0) is 18.5. The number of hydrogen-bond donors (Lipinski definition) is 0. The number of thiophene rings is 1. The van der Waals surface area contributed by atoms with E-state index in [2.05, 4.69) is 36.6 Å². The van der Waals surface area contributed by atoms with Crippen LogP contribution in [0.15, 0.2) is 23.0 Å². The second kappa shape index (κ2) is 6.26. The summed E-state index contributed by atoms with van der Waals surface area (Å²) in [5.74, 6) is -0.165. The number of pyridine rings is 1. The van der Waals surface area contributed by atoms with Gasteiger partial charge >= 0.3 is 0 Å². The molecule has 2 heterocycles. The van der Waals surface area contributed by atoms with Crippen LogP contribution in [0.1, 0.15) is 50.1 Å². The fraction of sp³-hybridized carbons (Fsp3) is 0.333. The Morgan fingerprint density at radius 3 is 2.36 bits per heavy atom. The molecule has 0 spiro atoms. The Hall–Kier alpha value is -2.20. The SMILES string of the molecule is CC(=O)c1c(C)n(Cc2ccc(C)c(C)c2)c2sc(C)c(C)c2c1=O. The molecule has 1 aromatic carbocycles. The van der Waals surface area contributed by atoms with Crippen LogP contribution < -0.4 is 5.43 Å². The smallest absolute Gasteiger partial charge is 0.201 e. The molecular formula is C21H23NO2S. The molecule has 25 heavy (non-hydrogen) atoms. The summed E-state index contributed by atoms with van der Waals surface area (Å²) < 4.78 is 2.13. The molecule has 2 aromatic heterocycles. The van der Waals surface area contributed by atoms with Gasteiger partial charge in [0.15, 0.2) is 5.78 Å². The first kappa shape index (κ1) is 17.6. The van der Waals surface area contributed by atoms with Gasteiger partial charge in [-0.2, -0.15) is 0 Å². The monoisotopic (exact) mass is 353 g/mol. The predicted octanol–water partition coefficient (Wildman–Crippen LogP) is 4.86. The Bertz CT molecular complexity index is 1070. The van der Waals surface area contributed by atoms with E-state index in [0.717, 1.165) is 21.0 Å². The molecule has 3 nitrogen and oxygen atoms in total. The maximum Gasteiger partial charge on any atom is 0.201 e. The molecule has 3 aromatic rings. The van der Waals surface area contributed by atoms with Crippen LogP contribution in [-0.2, 0) is 6.54 Å². The molecule has 130 valence electrons. The van der Waals surface area contributed by atoms with Gasteiger partial charge in [-0.05, 0) is 63.8 Å². The van der Waals surface area contributed by atoms with Crippen LogP contribution >= 0.6 is 11.3 Å². The predicted molar refractivity (Wildman–Crippen MR) is 105 cm³/mol. The number of aryl methyl sites for hydroxylation is 4. The fourth-order valence-corrected chi connectivity index (χ4v) is 4.54. The Balaban J connectivity index is 2.33. The van der Waals surface area contributed by atoms with Crippen LogP contribution in [0.2, 0.25) is 0 Å². The van der Waals surface area contributed by atoms with Gasteiger partial charge in [-0.3, -0.25) is 9.59 Å². The van der Waals surface area contributed by atoms with E-state index in [1.54, 1.807) is 11.3 Å². The first-order chi connectivity index (χ1) is 11.7. The van der Waals surface area contributed by atoms with Crippen molar-refractivity contribution in [3.8, 4) is 0 Å². The standard InChI is InChI=1S/C21H23NO2S/c1-11-7-8-17(9-12(11)2)10-22-14(4)19(15(5)23)20(24)18-13(3)16(6)25-21(18)22/h7-9H,10H2,1-6H3. The highest BCUT2D eigenvalue weighted by molar-refractivity contribution is 7.18. The first-order valence-electron chi connectivity index (χ1n) is 8.42. The van der Waals surface area contributed by atoms with Gasteiger partial charge in [0.2, 0.25) is 5.43 Å². The second-order valence-electron chi connectivity index (χ2n) is 6.81. The number of benzene rings is 1. The lowest BCUT2D eigenvalue weighted by Crippen LogP contribution is -2.21. The van der Waals surface area contributed by atoms with E-state index in [1.165, 1.54) is 23.6 Å². The summed E-state index contributed by atoms with van der Waals surface area (Å²) >= 11 is 1.63. The third-order valence-corrected chi connectivity index (χ3v) is 6.33. The number of carbonyl (C=O) groups excluding carboxylic acids is 1. The molecule has 0 amide bonds. The van der Waals surface area contributed by atoms with Gasteiger partial charge in [-0.15, -0.1) is 11.3 Å². The number of rotatable bonds is 3. The molecule has 4 heteroatoms. The summed E-state index contributed by atoms with van der Waals surface area (Å²) in [6.45, 7) is 12.2. The molecular weight excluding hydrogens is 330 g/mol. The number of ketones is 1. The molecule has 0 atom stereocenters. The van der Waals surface area contributed by atoms with Crippen LogP contribution in [-0.4, -0.2) is 10.4 Å². The van der Waals surface area contributed by atoms with E-state index in [0.29, 0.717) is 17.5 Å². The summed E-state index contributed by atoms with van der Waals surface area (Å²) in [5.41, 5.74) is 5.62. The van der Waals surface area contributed by atoms with E-state index in [-0.39, 0.29) is 11.2 Å². The van der Waals surface area contributed by atoms with Crippen LogP contribution in [0, 0.1) is 34.6 Å². The minimum absolute atomic E-state index is 0.127. The minimum atomic E-state index is -0.165. The number of fused-ring (bicyclic) bond motifs is 1. The van der Waals surface area contributed by atoms with Crippen molar-refractivity contribution in [2.75, 3.05) is 0 Å². The third kappa shape index (κ3) is 2.85. The van der Waals surface area contributed by atoms with Crippen molar-refractivity contribution in [3.05, 3.63) is 66.8 Å². The average molecular weight is 353 g/mol. The van der Waals surface area contributed by atoms with Crippen molar-refractivity contribution in [3.63, 3.8) is 0 Å². The highest BCUT2D eigenvalue weighted by atomic mass is 32.1. The van der Waals surface area contributed by atoms with Crippen molar-refractivity contribution < 1.29 is 4.79 Å². The van der Waals surface area contributed by atoms with E-state index in [9.17, 15) is 9.59 Å². The summed E-state index contributed by atoms with van der Waals surface area (Å²) in [6.07, 6.45) is 0. The van der Waals surface area contributed by atoms with Crippen LogP contribution in [0.25, 0.3) is 10.2 Å². The third-order valence-electron chi connectivity index (χ3n) is 5.10. The van der Waals surface area contributed by atoms with E-state index in [4.69, 9.17) is 0 Å². The maximum absolute atomic E-state index is 12.9. The van der Waals surface area contributed by atoms with Gasteiger partial charge in [0, 0.05) is 17.1 Å². The quantitative estimate of drug-likeness (QED) is 0.631. The highest BCUT2D eigenvalue weighted by Crippen LogP contribution is 2.30. The summed E-state index contributed by atoms with van der Waals surface area (Å²) in [7, 11) is 0. The molecule has 0 saturated heterocycles. The largest absolute Gasteiger partial charge is 0.331 e. The molecule has 0 N–H and O–H groups in total. The molecule has 0 aliphatic rings. The first-order valence-corrected chi connectivity index (χ1v) is 9.24. The van der Waals surface area contributed by atoms with Crippen molar-refractivity contribution in [1.82, 2.24) is 4.57 Å². The molecule has 0 aliphatic heterocycles. The van der Waals surface area contributed by atoms with Gasteiger partial charge in [0.05, 0.1) is 10.9 Å². The number of carbonyl (C=O) groups is 1. The fourth-order valence-electron chi connectivity index (χ4n) is 3.33. The van der Waals surface area contributed by atoms with Crippen molar-refractivity contribution in [2.24, 2.45) is 0 Å². The number of hydrogen-bond acceptors (Lipinski definition) is 3. The summed E-state index contributed by atoms with van der Waals surface area (Å²) in [6, 6.07) is 6.42. The highest BCUT2D eigenvalue weighted by Gasteiger charge is 2.21. The van der Waals surface area contributed by atoms with E-state index in [1.807, 2.05) is 20.8 Å². The Morgan fingerprint density at radius 2 is 1.76 bits per heavy atom. The normalized spacial score (nSPS) is 11.3. The molecule has 0 aliphatic carbocycles. The maximum atomic E-state index is 12.9. The van der Waals surface area contributed by atoms with E-state index < -0.39 is 0 Å². The summed E-state index contributed by atoms with van der Waals surface area (Å²) in [5, 5.41) is 0.696. The van der Waals surface area contributed by atoms with Crippen molar-refractivity contribution >= 4 is 27.3 Å². The van der Waals surface area contributed by atoms with Crippen LogP contribution in [0.4, 0.5) is 0 Å². The Morgan fingerprint density at radius 1 is 1.08 bits per heavy atom. The second-order valence-corrected chi connectivity index (χ2v) is 8.02. The number of Topliss-reactive ketones (excluding diaryl/α,β-unsaturated/α-hetero) is 1. The lowest BCUT2D eigenvalue weighted by molar-refractivity contribution is 0.101. The van der Waals surface area contributed by atoms with Gasteiger partial charge < -0.3 is 4.57 Å². The molecule has 0 bridgehead atoms. The molecule has 3 rings (SSSR count). The lowest BCUT2D eigenvalue weighted by atomic mass is 10.0. The minimum Gasteiger partial charge on any atom is -0.331 e. The van der Waals surface area contributed by atoms with Gasteiger partial charge in [0.25, 0.3) is 0 Å². The van der Waals surface area contributed by atoms with Gasteiger partial charge in [-0.1, -0.05) is 18.2 Å². The van der Waals surface area contributed by atoms with Crippen LogP contribution in [0.3, 0.4) is 0 Å². The lowest BCUT2D eigenvalue weighted by Gasteiger charge is -2.16. The Kier molecular flexibility index (Phi) is 4.41. The van der Waals surface area contributed by atoms with Crippen molar-refractivity contribution in [1.29, 1.82) is 0 Å². The molecule has 0 radical (unpaired) electrons. The topological polar surface area (TPSA) is 39.1 Å². The summed E-state index contributed by atoms with van der Waals surface area (Å²) in [4.78, 5) is 27.1. The average Bonchev–Trinajstić information content (AvgIpc) is 2.82. The molecule has 0 saturated carbocycles. The Labute approximate surface area is 151 Å². The zero-order valence-corrected chi connectivity index (χ0v) is 16.4. The zero-order valence-electron chi connectivity index (χ0n) is 15.6. The number of aromatic nitrogens is 1.